The van der Waals surface area contributed by atoms with Crippen LogP contribution >= 0.6 is 38.5 Å². The predicted octanol–water partition coefficient (Wildman–Crippen LogP) is 6.19. The van der Waals surface area contributed by atoms with Crippen molar-refractivity contribution in [3.05, 3.63) is 91.5 Å². The second kappa shape index (κ2) is 11.0. The Hall–Kier alpha value is -2.83. The smallest absolute Gasteiger partial charge is 0.266 e. The molecule has 0 aromatic heterocycles. The van der Waals surface area contributed by atoms with Crippen molar-refractivity contribution in [1.82, 2.24) is 0 Å². The van der Waals surface area contributed by atoms with Gasteiger partial charge in [0, 0.05) is 19.3 Å². The van der Waals surface area contributed by atoms with E-state index in [1.54, 1.807) is 31.4 Å². The van der Waals surface area contributed by atoms with E-state index >= 15 is 0 Å². The molecule has 3 aromatic rings. The molecule has 0 spiro atoms. The van der Waals surface area contributed by atoms with E-state index in [9.17, 15) is 10.1 Å². The predicted molar refractivity (Wildman–Crippen MR) is 133 cm³/mol. The lowest BCUT2D eigenvalue weighted by Gasteiger charge is -2.14. The number of nitrogens with one attached hydrogen (secondary N) is 1. The monoisotopic (exact) mass is 588 g/mol. The molecule has 0 bridgehead atoms. The van der Waals surface area contributed by atoms with Crippen molar-refractivity contribution in [2.45, 2.75) is 6.61 Å². The molecule has 0 aliphatic rings. The van der Waals surface area contributed by atoms with E-state index in [4.69, 9.17) is 9.47 Å². The number of methoxy groups -OCH3 is 1. The summed E-state index contributed by atoms with van der Waals surface area (Å²) in [6, 6.07) is 22.4. The second-order valence-electron chi connectivity index (χ2n) is 6.43. The van der Waals surface area contributed by atoms with Gasteiger partial charge in [-0.3, -0.25) is 4.79 Å². The van der Waals surface area contributed by atoms with Crippen molar-refractivity contribution in [2.24, 2.45) is 0 Å². The normalized spacial score (nSPS) is 10.8. The molecule has 3 aromatic carbocycles. The molecule has 0 aliphatic heterocycles. The van der Waals surface area contributed by atoms with Crippen LogP contribution in [0.15, 0.2) is 76.8 Å². The van der Waals surface area contributed by atoms with E-state index in [2.05, 4.69) is 43.8 Å². The van der Waals surface area contributed by atoms with Crippen molar-refractivity contribution >= 4 is 56.2 Å². The van der Waals surface area contributed by atoms with Crippen molar-refractivity contribution in [1.29, 1.82) is 5.26 Å². The standard InChI is InChI=1S/C24H18BrIN2O3/c1-30-22-7-2-4-17(23(22)31-15-16-8-10-19(25)11-9-16)12-18(14-27)24(29)28-21-6-3-5-20(26)13-21/h2-13H,15H2,1H3,(H,28,29)/b18-12+. The minimum Gasteiger partial charge on any atom is -0.493 e. The van der Waals surface area contributed by atoms with Gasteiger partial charge < -0.3 is 14.8 Å². The first-order chi connectivity index (χ1) is 15.0. The first-order valence-electron chi connectivity index (χ1n) is 9.23. The van der Waals surface area contributed by atoms with Gasteiger partial charge in [-0.1, -0.05) is 46.3 Å². The first-order valence-corrected chi connectivity index (χ1v) is 11.1. The highest BCUT2D eigenvalue weighted by Gasteiger charge is 2.14. The Morgan fingerprint density at radius 3 is 2.58 bits per heavy atom. The van der Waals surface area contributed by atoms with E-state index in [0.29, 0.717) is 29.4 Å². The zero-order valence-electron chi connectivity index (χ0n) is 16.6. The summed E-state index contributed by atoms with van der Waals surface area (Å²) in [4.78, 5) is 12.7. The summed E-state index contributed by atoms with van der Waals surface area (Å²) < 4.78 is 13.4. The van der Waals surface area contributed by atoms with Crippen LogP contribution in [0, 0.1) is 14.9 Å². The molecular formula is C24H18BrIN2O3. The number of benzene rings is 3. The van der Waals surface area contributed by atoms with E-state index in [1.807, 2.05) is 48.5 Å². The topological polar surface area (TPSA) is 71.3 Å². The molecule has 31 heavy (non-hydrogen) atoms. The Balaban J connectivity index is 1.87. The highest BCUT2D eigenvalue weighted by molar-refractivity contribution is 14.1. The molecule has 0 radical (unpaired) electrons. The van der Waals surface area contributed by atoms with Gasteiger partial charge in [-0.2, -0.15) is 5.26 Å². The maximum absolute atomic E-state index is 12.7. The lowest BCUT2D eigenvalue weighted by Crippen LogP contribution is -2.13. The van der Waals surface area contributed by atoms with Crippen LogP contribution in [0.5, 0.6) is 11.5 Å². The van der Waals surface area contributed by atoms with Gasteiger partial charge in [0.05, 0.1) is 7.11 Å². The number of para-hydroxylation sites is 1. The minimum atomic E-state index is -0.494. The molecule has 0 atom stereocenters. The minimum absolute atomic E-state index is 0.0411. The van der Waals surface area contributed by atoms with Gasteiger partial charge in [-0.05, 0) is 70.6 Å². The molecule has 0 saturated carbocycles. The molecule has 1 amide bonds. The third kappa shape index (κ3) is 6.32. The molecule has 3 rings (SSSR count). The molecular weight excluding hydrogens is 571 g/mol. The molecule has 0 aliphatic carbocycles. The lowest BCUT2D eigenvalue weighted by molar-refractivity contribution is -0.112. The van der Waals surface area contributed by atoms with Gasteiger partial charge >= 0.3 is 0 Å². The van der Waals surface area contributed by atoms with E-state index in [0.717, 1.165) is 13.6 Å². The van der Waals surface area contributed by atoms with Crippen LogP contribution in [-0.2, 0) is 11.4 Å². The maximum atomic E-state index is 12.7. The van der Waals surface area contributed by atoms with Crippen molar-refractivity contribution in [2.75, 3.05) is 12.4 Å². The molecule has 0 fully saturated rings. The van der Waals surface area contributed by atoms with Gasteiger partial charge in [-0.25, -0.2) is 0 Å². The number of hydrogen-bond donors (Lipinski definition) is 1. The number of rotatable bonds is 7. The van der Waals surface area contributed by atoms with Gasteiger partial charge in [0.2, 0.25) is 0 Å². The van der Waals surface area contributed by atoms with Crippen LogP contribution in [0.1, 0.15) is 11.1 Å². The van der Waals surface area contributed by atoms with Crippen LogP contribution in [-0.4, -0.2) is 13.0 Å². The largest absolute Gasteiger partial charge is 0.493 e. The van der Waals surface area contributed by atoms with Crippen LogP contribution in [0.25, 0.3) is 6.08 Å². The number of nitriles is 1. The average molecular weight is 589 g/mol. The van der Waals surface area contributed by atoms with Gasteiger partial charge in [0.15, 0.2) is 11.5 Å². The van der Waals surface area contributed by atoms with Crippen molar-refractivity contribution < 1.29 is 14.3 Å². The Labute approximate surface area is 203 Å². The zero-order valence-corrected chi connectivity index (χ0v) is 20.3. The number of hydrogen-bond acceptors (Lipinski definition) is 4. The Kier molecular flexibility index (Phi) is 8.09. The fourth-order valence-electron chi connectivity index (χ4n) is 2.77. The fourth-order valence-corrected chi connectivity index (χ4v) is 3.57. The van der Waals surface area contributed by atoms with Crippen LogP contribution in [0.4, 0.5) is 5.69 Å². The number of ether oxygens (including phenoxy) is 2. The molecule has 0 heterocycles. The zero-order chi connectivity index (χ0) is 22.2. The maximum Gasteiger partial charge on any atom is 0.266 e. The summed E-state index contributed by atoms with van der Waals surface area (Å²) in [5.74, 6) is 0.482. The van der Waals surface area contributed by atoms with Gasteiger partial charge in [0.1, 0.15) is 18.2 Å². The van der Waals surface area contributed by atoms with Crippen LogP contribution < -0.4 is 14.8 Å². The van der Waals surface area contributed by atoms with Crippen LogP contribution in [0.3, 0.4) is 0 Å². The van der Waals surface area contributed by atoms with Crippen molar-refractivity contribution in [3.63, 3.8) is 0 Å². The Morgan fingerprint density at radius 1 is 1.16 bits per heavy atom. The number of carbonyl (C=O) groups excluding carboxylic acids is 1. The SMILES string of the molecule is COc1cccc(/C=C(\C#N)C(=O)Nc2cccc(I)c2)c1OCc1ccc(Br)cc1. The lowest BCUT2D eigenvalue weighted by atomic mass is 10.1. The number of halogens is 2. The number of amides is 1. The third-order valence-corrected chi connectivity index (χ3v) is 5.47. The fraction of sp³-hybridized carbons (Fsp3) is 0.0833. The summed E-state index contributed by atoms with van der Waals surface area (Å²) in [5, 5.41) is 12.3. The van der Waals surface area contributed by atoms with E-state index in [-0.39, 0.29) is 5.57 Å². The summed E-state index contributed by atoms with van der Waals surface area (Å²) in [6.45, 7) is 0.311. The molecule has 5 nitrogen and oxygen atoms in total. The molecule has 0 unspecified atom stereocenters. The summed E-state index contributed by atoms with van der Waals surface area (Å²) in [7, 11) is 1.55. The quantitative estimate of drug-likeness (QED) is 0.203. The van der Waals surface area contributed by atoms with Crippen LogP contribution in [0.2, 0.25) is 0 Å². The third-order valence-electron chi connectivity index (χ3n) is 4.27. The summed E-state index contributed by atoms with van der Waals surface area (Å²) >= 11 is 5.58. The molecule has 1 N–H and O–H groups in total. The second-order valence-corrected chi connectivity index (χ2v) is 8.59. The molecule has 7 heteroatoms. The highest BCUT2D eigenvalue weighted by Crippen LogP contribution is 2.33. The Morgan fingerprint density at radius 2 is 1.90 bits per heavy atom. The van der Waals surface area contributed by atoms with E-state index in [1.165, 1.54) is 6.08 Å². The molecule has 156 valence electrons. The van der Waals surface area contributed by atoms with Gasteiger partial charge in [-0.15, -0.1) is 0 Å². The highest BCUT2D eigenvalue weighted by atomic mass is 127. The summed E-state index contributed by atoms with van der Waals surface area (Å²) in [6.07, 6.45) is 1.50. The average Bonchev–Trinajstić information content (AvgIpc) is 2.77. The number of nitrogens with zero attached hydrogens (tertiary/aromatic N) is 1. The number of carbonyl (C=O) groups is 1. The first kappa shape index (κ1) is 22.8. The van der Waals surface area contributed by atoms with Gasteiger partial charge in [0.25, 0.3) is 5.91 Å². The van der Waals surface area contributed by atoms with Crippen molar-refractivity contribution in [3.8, 4) is 17.6 Å². The van der Waals surface area contributed by atoms with E-state index < -0.39 is 5.91 Å². The molecule has 0 saturated heterocycles. The number of anilines is 1. The Bertz CT molecular complexity index is 1150. The summed E-state index contributed by atoms with van der Waals surface area (Å²) in [5.41, 5.74) is 2.13.